The molecular formula is C21H25F2N3O3S. The summed E-state index contributed by atoms with van der Waals surface area (Å²) in [5.74, 6) is -1.83. The molecule has 2 aromatic carbocycles. The van der Waals surface area contributed by atoms with Gasteiger partial charge in [0.05, 0.1) is 11.4 Å². The number of hydrogen-bond acceptors (Lipinski definition) is 4. The highest BCUT2D eigenvalue weighted by molar-refractivity contribution is 7.89. The smallest absolute Gasteiger partial charge is 0.240 e. The summed E-state index contributed by atoms with van der Waals surface area (Å²) >= 11 is 0. The highest BCUT2D eigenvalue weighted by Gasteiger charge is 2.24. The Labute approximate surface area is 175 Å². The van der Waals surface area contributed by atoms with Gasteiger partial charge in [0.2, 0.25) is 15.9 Å². The van der Waals surface area contributed by atoms with Crippen LogP contribution in [0.25, 0.3) is 0 Å². The fourth-order valence-corrected chi connectivity index (χ4v) is 4.64. The van der Waals surface area contributed by atoms with Crippen LogP contribution in [0, 0.1) is 24.5 Å². The molecular weight excluding hydrogens is 412 g/mol. The molecule has 0 spiro atoms. The standard InChI is InChI=1S/C21H25F2N3O3S/c1-15-4-6-20(7-5-15)30(28,29)24-12-16-3-2-8-26(13-16)14-21(27)25-19-10-17(22)9-18(23)11-19/h4-7,9-11,16,24H,2-3,8,12-14H2,1H3,(H,25,27). The molecule has 1 unspecified atom stereocenters. The number of piperidine rings is 1. The Kier molecular flexibility index (Phi) is 7.17. The van der Waals surface area contributed by atoms with Gasteiger partial charge in [-0.15, -0.1) is 0 Å². The zero-order valence-electron chi connectivity index (χ0n) is 16.7. The lowest BCUT2D eigenvalue weighted by Gasteiger charge is -2.32. The molecule has 6 nitrogen and oxygen atoms in total. The number of anilines is 1. The molecule has 3 rings (SSSR count). The lowest BCUT2D eigenvalue weighted by molar-refractivity contribution is -0.117. The van der Waals surface area contributed by atoms with Gasteiger partial charge in [-0.05, 0) is 56.5 Å². The Morgan fingerprint density at radius 1 is 1.13 bits per heavy atom. The average molecular weight is 438 g/mol. The Morgan fingerprint density at radius 2 is 1.80 bits per heavy atom. The van der Waals surface area contributed by atoms with Gasteiger partial charge >= 0.3 is 0 Å². The van der Waals surface area contributed by atoms with Gasteiger partial charge in [0.25, 0.3) is 0 Å². The molecule has 1 aliphatic rings. The Morgan fingerprint density at radius 3 is 2.47 bits per heavy atom. The topological polar surface area (TPSA) is 78.5 Å². The molecule has 1 saturated heterocycles. The van der Waals surface area contributed by atoms with Crippen LogP contribution < -0.4 is 10.0 Å². The van der Waals surface area contributed by atoms with E-state index in [2.05, 4.69) is 10.0 Å². The van der Waals surface area contributed by atoms with Crippen molar-refractivity contribution in [3.8, 4) is 0 Å². The molecule has 1 atom stereocenters. The van der Waals surface area contributed by atoms with Gasteiger partial charge < -0.3 is 5.32 Å². The fraction of sp³-hybridized carbons (Fsp3) is 0.381. The van der Waals surface area contributed by atoms with Crippen LogP contribution in [0.4, 0.5) is 14.5 Å². The molecule has 30 heavy (non-hydrogen) atoms. The Bertz CT molecular complexity index is 977. The number of nitrogens with one attached hydrogen (secondary N) is 2. The van der Waals surface area contributed by atoms with Crippen molar-refractivity contribution in [1.29, 1.82) is 0 Å². The summed E-state index contributed by atoms with van der Waals surface area (Å²) in [6, 6.07) is 9.50. The zero-order valence-corrected chi connectivity index (χ0v) is 17.5. The van der Waals surface area contributed by atoms with Crippen LogP contribution in [0.3, 0.4) is 0 Å². The van der Waals surface area contributed by atoms with E-state index < -0.39 is 21.7 Å². The van der Waals surface area contributed by atoms with E-state index in [1.807, 2.05) is 11.8 Å². The number of sulfonamides is 1. The van der Waals surface area contributed by atoms with Gasteiger partial charge in [-0.25, -0.2) is 21.9 Å². The minimum atomic E-state index is -3.58. The van der Waals surface area contributed by atoms with Crippen molar-refractivity contribution in [2.24, 2.45) is 5.92 Å². The second-order valence-electron chi connectivity index (χ2n) is 7.61. The molecule has 0 aromatic heterocycles. The number of rotatable bonds is 7. The maximum Gasteiger partial charge on any atom is 0.240 e. The van der Waals surface area contributed by atoms with E-state index in [4.69, 9.17) is 0 Å². The summed E-state index contributed by atoms with van der Waals surface area (Å²) in [5, 5.41) is 2.50. The molecule has 0 aliphatic carbocycles. The molecule has 0 radical (unpaired) electrons. The van der Waals surface area contributed by atoms with Crippen molar-refractivity contribution < 1.29 is 22.0 Å². The van der Waals surface area contributed by atoms with E-state index in [1.165, 1.54) is 0 Å². The van der Waals surface area contributed by atoms with Crippen LogP contribution in [-0.4, -0.2) is 45.4 Å². The number of carbonyl (C=O) groups is 1. The number of aryl methyl sites for hydroxylation is 1. The van der Waals surface area contributed by atoms with Crippen LogP contribution in [0.5, 0.6) is 0 Å². The average Bonchev–Trinajstić information content (AvgIpc) is 2.66. The number of carbonyl (C=O) groups excluding carboxylic acids is 1. The number of halogens is 2. The predicted octanol–water partition coefficient (Wildman–Crippen LogP) is 2.90. The molecule has 2 aromatic rings. The second-order valence-corrected chi connectivity index (χ2v) is 9.38. The third kappa shape index (κ3) is 6.32. The fourth-order valence-electron chi connectivity index (χ4n) is 3.52. The van der Waals surface area contributed by atoms with E-state index in [0.717, 1.165) is 36.6 Å². The molecule has 9 heteroatoms. The first-order chi connectivity index (χ1) is 14.2. The first kappa shape index (κ1) is 22.3. The predicted molar refractivity (Wildman–Crippen MR) is 111 cm³/mol. The molecule has 0 saturated carbocycles. The molecule has 1 aliphatic heterocycles. The van der Waals surface area contributed by atoms with E-state index in [0.29, 0.717) is 13.1 Å². The first-order valence-electron chi connectivity index (χ1n) is 9.76. The summed E-state index contributed by atoms with van der Waals surface area (Å²) < 4.78 is 54.1. The maximum atomic E-state index is 13.3. The van der Waals surface area contributed by atoms with Gasteiger partial charge in [0.15, 0.2) is 0 Å². The number of amides is 1. The minimum absolute atomic E-state index is 0.0666. The van der Waals surface area contributed by atoms with E-state index in [9.17, 15) is 22.0 Å². The molecule has 1 amide bonds. The van der Waals surface area contributed by atoms with Gasteiger partial charge in [-0.3, -0.25) is 9.69 Å². The number of nitrogens with zero attached hydrogens (tertiary/aromatic N) is 1. The van der Waals surface area contributed by atoms with Crippen molar-refractivity contribution in [3.05, 3.63) is 59.7 Å². The third-order valence-corrected chi connectivity index (χ3v) is 6.45. The van der Waals surface area contributed by atoms with Crippen molar-refractivity contribution in [2.75, 3.05) is 31.5 Å². The highest BCUT2D eigenvalue weighted by atomic mass is 32.2. The second kappa shape index (κ2) is 9.63. The van der Waals surface area contributed by atoms with Crippen molar-refractivity contribution in [1.82, 2.24) is 9.62 Å². The Hall–Kier alpha value is -2.36. The van der Waals surface area contributed by atoms with E-state index in [-0.39, 0.29) is 35.5 Å². The van der Waals surface area contributed by atoms with Gasteiger partial charge in [-0.2, -0.15) is 0 Å². The summed E-state index contributed by atoms with van der Waals surface area (Å²) in [6.07, 6.45) is 1.68. The van der Waals surface area contributed by atoms with E-state index in [1.54, 1.807) is 24.3 Å². The molecule has 1 heterocycles. The summed E-state index contributed by atoms with van der Waals surface area (Å²) in [6.45, 7) is 3.50. The van der Waals surface area contributed by atoms with Gasteiger partial charge in [0.1, 0.15) is 11.6 Å². The summed E-state index contributed by atoms with van der Waals surface area (Å²) in [4.78, 5) is 14.4. The number of hydrogen-bond donors (Lipinski definition) is 2. The largest absolute Gasteiger partial charge is 0.325 e. The van der Waals surface area contributed by atoms with Crippen LogP contribution in [0.1, 0.15) is 18.4 Å². The lowest BCUT2D eigenvalue weighted by atomic mass is 9.98. The van der Waals surface area contributed by atoms with E-state index >= 15 is 0 Å². The number of likely N-dealkylation sites (tertiary alicyclic amines) is 1. The third-order valence-electron chi connectivity index (χ3n) is 5.01. The Balaban J connectivity index is 1.51. The maximum absolute atomic E-state index is 13.3. The van der Waals surface area contributed by atoms with Gasteiger partial charge in [-0.1, -0.05) is 17.7 Å². The normalized spacial score (nSPS) is 17.6. The molecule has 0 bridgehead atoms. The molecule has 162 valence electrons. The van der Waals surface area contributed by atoms with Crippen LogP contribution in [0.15, 0.2) is 47.4 Å². The monoisotopic (exact) mass is 437 g/mol. The van der Waals surface area contributed by atoms with Crippen LogP contribution in [-0.2, 0) is 14.8 Å². The SMILES string of the molecule is Cc1ccc(S(=O)(=O)NCC2CCCN(CC(=O)Nc3cc(F)cc(F)c3)C2)cc1. The highest BCUT2D eigenvalue weighted by Crippen LogP contribution is 2.18. The summed E-state index contributed by atoms with van der Waals surface area (Å²) in [5.41, 5.74) is 1.05. The lowest BCUT2D eigenvalue weighted by Crippen LogP contribution is -2.43. The van der Waals surface area contributed by atoms with Crippen molar-refractivity contribution in [2.45, 2.75) is 24.7 Å². The summed E-state index contributed by atoms with van der Waals surface area (Å²) in [7, 11) is -3.58. The minimum Gasteiger partial charge on any atom is -0.325 e. The molecule has 1 fully saturated rings. The van der Waals surface area contributed by atoms with Crippen LogP contribution >= 0.6 is 0 Å². The van der Waals surface area contributed by atoms with Gasteiger partial charge in [0, 0.05) is 24.8 Å². The van der Waals surface area contributed by atoms with Crippen molar-refractivity contribution in [3.63, 3.8) is 0 Å². The van der Waals surface area contributed by atoms with Crippen molar-refractivity contribution >= 4 is 21.6 Å². The first-order valence-corrected chi connectivity index (χ1v) is 11.2. The quantitative estimate of drug-likeness (QED) is 0.698. The molecule has 2 N–H and O–H groups in total. The number of benzene rings is 2. The van der Waals surface area contributed by atoms with Crippen LogP contribution in [0.2, 0.25) is 0 Å². The zero-order chi connectivity index (χ0) is 21.7.